The summed E-state index contributed by atoms with van der Waals surface area (Å²) in [4.78, 5) is 23.9. The number of likely N-dealkylation sites (N-methyl/N-ethyl adjacent to an activating group) is 1. The normalized spacial score (nSPS) is 12.8. The van der Waals surface area contributed by atoms with Crippen molar-refractivity contribution < 1.29 is 29.2 Å². The maximum atomic E-state index is 12.0. The van der Waals surface area contributed by atoms with Crippen molar-refractivity contribution in [2.75, 3.05) is 7.05 Å². The third-order valence-electron chi connectivity index (χ3n) is 4.90. The lowest BCUT2D eigenvalue weighted by Crippen LogP contribution is -2.55. The minimum atomic E-state index is -1.87. The highest BCUT2D eigenvalue weighted by Gasteiger charge is 2.42. The van der Waals surface area contributed by atoms with Gasteiger partial charge in [0.2, 0.25) is 5.60 Å². The topological polar surface area (TPSA) is 134 Å². The van der Waals surface area contributed by atoms with Crippen molar-refractivity contribution in [2.45, 2.75) is 25.7 Å². The zero-order chi connectivity index (χ0) is 22.4. The predicted octanol–water partition coefficient (Wildman–Crippen LogP) is 2.03. The number of aliphatic hydroxyl groups excluding tert-OH is 1. The average molecular weight is 425 g/mol. The number of nitrogens with one attached hydrogen (secondary N) is 2. The molecule has 2 amide bonds. The van der Waals surface area contributed by atoms with Crippen LogP contribution in [0.2, 0.25) is 0 Å². The molecule has 1 unspecified atom stereocenters. The van der Waals surface area contributed by atoms with E-state index in [2.05, 4.69) is 10.5 Å². The highest BCUT2D eigenvalue weighted by Crippen LogP contribution is 2.26. The first-order chi connectivity index (χ1) is 14.9. The molecule has 31 heavy (non-hydrogen) atoms. The molecule has 1 heterocycles. The standard InChI is InChI=1S/C22H23N3O6/c1-22(20(27)23-2,21(28)24-29)30-13-14-3-5-15(6-4-14)16-7-9-17(10-8-16)19-11-18(12-26)25-31-19/h3-11,26,29H,12-13H2,1-2H3,(H,23,27)(H,24,28). The van der Waals surface area contributed by atoms with Crippen molar-refractivity contribution in [3.8, 4) is 22.5 Å². The van der Waals surface area contributed by atoms with Gasteiger partial charge in [-0.15, -0.1) is 0 Å². The fourth-order valence-electron chi connectivity index (χ4n) is 2.95. The molecular formula is C22H23N3O6. The molecule has 0 saturated heterocycles. The predicted molar refractivity (Wildman–Crippen MR) is 110 cm³/mol. The molecule has 0 saturated carbocycles. The number of carbonyl (C=O) groups excluding carboxylic acids is 2. The van der Waals surface area contributed by atoms with Crippen molar-refractivity contribution in [1.29, 1.82) is 0 Å². The van der Waals surface area contributed by atoms with Gasteiger partial charge in [0.1, 0.15) is 5.69 Å². The fourth-order valence-corrected chi connectivity index (χ4v) is 2.95. The Morgan fingerprint density at radius 3 is 2.13 bits per heavy atom. The van der Waals surface area contributed by atoms with Gasteiger partial charge in [-0.2, -0.15) is 0 Å². The maximum absolute atomic E-state index is 12.0. The molecule has 4 N–H and O–H groups in total. The van der Waals surface area contributed by atoms with E-state index in [1.54, 1.807) is 6.07 Å². The summed E-state index contributed by atoms with van der Waals surface area (Å²) >= 11 is 0. The third-order valence-corrected chi connectivity index (χ3v) is 4.90. The molecule has 3 aromatic rings. The number of ether oxygens (including phenoxy) is 1. The van der Waals surface area contributed by atoms with Crippen LogP contribution in [0.3, 0.4) is 0 Å². The zero-order valence-corrected chi connectivity index (χ0v) is 17.1. The van der Waals surface area contributed by atoms with Crippen LogP contribution < -0.4 is 10.8 Å². The first-order valence-corrected chi connectivity index (χ1v) is 9.48. The molecule has 0 aliphatic heterocycles. The van der Waals surface area contributed by atoms with Gasteiger partial charge in [0.15, 0.2) is 5.76 Å². The highest BCUT2D eigenvalue weighted by atomic mass is 16.5. The summed E-state index contributed by atoms with van der Waals surface area (Å²) in [6.07, 6.45) is 0. The molecule has 0 radical (unpaired) electrons. The molecule has 162 valence electrons. The van der Waals surface area contributed by atoms with Gasteiger partial charge in [-0.25, -0.2) is 5.48 Å². The van der Waals surface area contributed by atoms with Gasteiger partial charge in [-0.3, -0.25) is 14.8 Å². The lowest BCUT2D eigenvalue weighted by molar-refractivity contribution is -0.165. The highest BCUT2D eigenvalue weighted by molar-refractivity contribution is 6.07. The minimum absolute atomic E-state index is 0.00472. The smallest absolute Gasteiger partial charge is 0.285 e. The van der Waals surface area contributed by atoms with E-state index in [0.717, 1.165) is 22.3 Å². The molecule has 2 aromatic carbocycles. The molecule has 0 bridgehead atoms. The van der Waals surface area contributed by atoms with Gasteiger partial charge < -0.3 is 19.7 Å². The van der Waals surface area contributed by atoms with Crippen molar-refractivity contribution >= 4 is 11.8 Å². The Balaban J connectivity index is 1.69. The van der Waals surface area contributed by atoms with E-state index in [1.807, 2.05) is 48.5 Å². The first kappa shape index (κ1) is 22.2. The number of hydrogen-bond acceptors (Lipinski definition) is 7. The van der Waals surface area contributed by atoms with E-state index in [1.165, 1.54) is 19.5 Å². The number of rotatable bonds is 8. The second-order valence-electron chi connectivity index (χ2n) is 6.96. The average Bonchev–Trinajstić information content (AvgIpc) is 3.31. The molecular weight excluding hydrogens is 402 g/mol. The van der Waals surface area contributed by atoms with Gasteiger partial charge in [-0.1, -0.05) is 53.7 Å². The Morgan fingerprint density at radius 1 is 1.03 bits per heavy atom. The minimum Gasteiger partial charge on any atom is -0.390 e. The van der Waals surface area contributed by atoms with Gasteiger partial charge in [0.05, 0.1) is 13.2 Å². The van der Waals surface area contributed by atoms with Crippen LogP contribution in [-0.2, 0) is 27.5 Å². The molecule has 0 aliphatic rings. The summed E-state index contributed by atoms with van der Waals surface area (Å²) in [6, 6.07) is 16.8. The number of benzene rings is 2. The van der Waals surface area contributed by atoms with E-state index in [9.17, 15) is 9.59 Å². The Hall–Kier alpha value is -3.53. The second kappa shape index (κ2) is 9.52. The van der Waals surface area contributed by atoms with Crippen LogP contribution in [0.5, 0.6) is 0 Å². The van der Waals surface area contributed by atoms with E-state index < -0.39 is 17.4 Å². The SMILES string of the molecule is CNC(=O)C(C)(OCc1ccc(-c2ccc(-c3cc(CO)no3)cc2)cc1)C(=O)NO. The first-order valence-electron chi connectivity index (χ1n) is 9.48. The number of hydrogen-bond donors (Lipinski definition) is 4. The van der Waals surface area contributed by atoms with Crippen molar-refractivity contribution in [2.24, 2.45) is 0 Å². The van der Waals surface area contributed by atoms with Gasteiger partial charge in [0, 0.05) is 18.7 Å². The van der Waals surface area contributed by atoms with E-state index in [-0.39, 0.29) is 13.2 Å². The van der Waals surface area contributed by atoms with Crippen LogP contribution in [0, 0.1) is 0 Å². The summed E-state index contributed by atoms with van der Waals surface area (Å²) in [7, 11) is 1.38. The summed E-state index contributed by atoms with van der Waals surface area (Å²) in [5.74, 6) is -1.05. The molecule has 0 spiro atoms. The van der Waals surface area contributed by atoms with E-state index in [4.69, 9.17) is 19.6 Å². The second-order valence-corrected chi connectivity index (χ2v) is 6.96. The number of aromatic nitrogens is 1. The summed E-state index contributed by atoms with van der Waals surface area (Å²) in [5, 5.41) is 24.1. The molecule has 3 rings (SSSR count). The quantitative estimate of drug-likeness (QED) is 0.246. The molecule has 0 aliphatic carbocycles. The third kappa shape index (κ3) is 4.80. The van der Waals surface area contributed by atoms with Crippen LogP contribution in [0.15, 0.2) is 59.1 Å². The van der Waals surface area contributed by atoms with Crippen LogP contribution in [0.4, 0.5) is 0 Å². The number of aliphatic hydroxyl groups is 1. The van der Waals surface area contributed by atoms with Crippen LogP contribution in [0.25, 0.3) is 22.5 Å². The van der Waals surface area contributed by atoms with E-state index >= 15 is 0 Å². The van der Waals surface area contributed by atoms with Crippen molar-refractivity contribution in [1.82, 2.24) is 16.0 Å². The number of amides is 2. The Kier molecular flexibility index (Phi) is 6.81. The fraction of sp³-hybridized carbons (Fsp3) is 0.227. The monoisotopic (exact) mass is 425 g/mol. The van der Waals surface area contributed by atoms with Crippen LogP contribution >= 0.6 is 0 Å². The van der Waals surface area contributed by atoms with Crippen LogP contribution in [0.1, 0.15) is 18.2 Å². The lowest BCUT2D eigenvalue weighted by atomic mass is 10.0. The van der Waals surface area contributed by atoms with Crippen LogP contribution in [-0.4, -0.2) is 39.9 Å². The largest absolute Gasteiger partial charge is 0.390 e. The summed E-state index contributed by atoms with van der Waals surface area (Å²) in [5.41, 5.74) is 3.60. The molecule has 0 fully saturated rings. The van der Waals surface area contributed by atoms with Crippen molar-refractivity contribution in [3.63, 3.8) is 0 Å². The van der Waals surface area contributed by atoms with Crippen molar-refractivity contribution in [3.05, 3.63) is 65.9 Å². The number of nitrogens with zero attached hydrogens (tertiary/aromatic N) is 1. The Bertz CT molecular complexity index is 1030. The Labute approximate surface area is 178 Å². The summed E-state index contributed by atoms with van der Waals surface area (Å²) < 4.78 is 10.7. The molecule has 9 heteroatoms. The molecule has 1 aromatic heterocycles. The Morgan fingerprint density at radius 2 is 1.61 bits per heavy atom. The van der Waals surface area contributed by atoms with Gasteiger partial charge in [0.25, 0.3) is 11.8 Å². The summed E-state index contributed by atoms with van der Waals surface area (Å²) in [6.45, 7) is 1.10. The number of carbonyl (C=O) groups is 2. The van der Waals surface area contributed by atoms with Gasteiger partial charge in [-0.05, 0) is 23.6 Å². The van der Waals surface area contributed by atoms with E-state index in [0.29, 0.717) is 11.5 Å². The zero-order valence-electron chi connectivity index (χ0n) is 17.1. The molecule has 1 atom stereocenters. The maximum Gasteiger partial charge on any atom is 0.285 e. The van der Waals surface area contributed by atoms with Gasteiger partial charge >= 0.3 is 0 Å². The number of hydroxylamine groups is 1. The molecule has 9 nitrogen and oxygen atoms in total. The lowest BCUT2D eigenvalue weighted by Gasteiger charge is -2.25.